The Kier molecular flexibility index (Phi) is 5.49. The monoisotopic (exact) mass is 199 g/mol. The third-order valence-corrected chi connectivity index (χ3v) is 3.27. The van der Waals surface area contributed by atoms with Crippen LogP contribution in [0.2, 0.25) is 0 Å². The molecule has 2 nitrogen and oxygen atoms in total. The Morgan fingerprint density at radius 2 is 2.21 bits per heavy atom. The van der Waals surface area contributed by atoms with E-state index in [1.165, 1.54) is 32.1 Å². The molecular weight excluding hydrogens is 174 g/mol. The highest BCUT2D eigenvalue weighted by Crippen LogP contribution is 2.27. The van der Waals surface area contributed by atoms with Gasteiger partial charge in [-0.1, -0.05) is 26.7 Å². The fraction of sp³-hybridized carbons (Fsp3) is 1.00. The summed E-state index contributed by atoms with van der Waals surface area (Å²) in [5, 5.41) is 0. The van der Waals surface area contributed by atoms with Crippen LogP contribution in [0, 0.1) is 11.8 Å². The van der Waals surface area contributed by atoms with Gasteiger partial charge in [-0.25, -0.2) is 0 Å². The summed E-state index contributed by atoms with van der Waals surface area (Å²) < 4.78 is 5.94. The van der Waals surface area contributed by atoms with Gasteiger partial charge in [0.25, 0.3) is 0 Å². The molecule has 2 N–H and O–H groups in total. The van der Waals surface area contributed by atoms with E-state index < -0.39 is 0 Å². The second-order valence-electron chi connectivity index (χ2n) is 4.69. The molecule has 2 heteroatoms. The number of hydrogen-bond acceptors (Lipinski definition) is 2. The lowest BCUT2D eigenvalue weighted by Gasteiger charge is -2.20. The molecule has 0 aliphatic heterocycles. The maximum atomic E-state index is 5.94. The maximum absolute atomic E-state index is 5.94. The lowest BCUT2D eigenvalue weighted by molar-refractivity contribution is 0.0105. The second-order valence-corrected chi connectivity index (χ2v) is 4.69. The molecule has 0 radical (unpaired) electrons. The first-order valence-electron chi connectivity index (χ1n) is 6.09. The van der Waals surface area contributed by atoms with Crippen LogP contribution in [-0.2, 0) is 4.74 Å². The molecule has 1 aliphatic rings. The first kappa shape index (κ1) is 12.0. The van der Waals surface area contributed by atoms with Crippen LogP contribution in [-0.4, -0.2) is 19.3 Å². The minimum absolute atomic E-state index is 0.458. The number of hydrogen-bond donors (Lipinski definition) is 1. The Hall–Kier alpha value is -0.0800. The minimum Gasteiger partial charge on any atom is -0.378 e. The van der Waals surface area contributed by atoms with Gasteiger partial charge in [0.2, 0.25) is 0 Å². The van der Waals surface area contributed by atoms with Crippen LogP contribution < -0.4 is 5.73 Å². The van der Waals surface area contributed by atoms with Gasteiger partial charge in [-0.15, -0.1) is 0 Å². The Balaban J connectivity index is 2.16. The highest BCUT2D eigenvalue weighted by atomic mass is 16.5. The second kappa shape index (κ2) is 6.41. The zero-order valence-electron chi connectivity index (χ0n) is 9.67. The molecule has 0 spiro atoms. The summed E-state index contributed by atoms with van der Waals surface area (Å²) in [5.74, 6) is 1.34. The van der Waals surface area contributed by atoms with E-state index in [2.05, 4.69) is 13.8 Å². The number of rotatable bonds is 6. The summed E-state index contributed by atoms with van der Waals surface area (Å²) in [7, 11) is 0. The van der Waals surface area contributed by atoms with E-state index in [0.29, 0.717) is 17.9 Å². The number of ether oxygens (including phenoxy) is 1. The molecule has 0 aromatic heterocycles. The standard InChI is InChI=1S/C12H25NO/c1-3-5-10(2)9-14-12-7-4-6-11(12)8-13/h10-12H,3-9,13H2,1-2H3. The van der Waals surface area contributed by atoms with E-state index in [1.54, 1.807) is 0 Å². The summed E-state index contributed by atoms with van der Waals surface area (Å²) in [6.45, 7) is 6.23. The SMILES string of the molecule is CCCC(C)COC1CCCC1CN. The van der Waals surface area contributed by atoms with Gasteiger partial charge in [0.05, 0.1) is 6.10 Å². The summed E-state index contributed by atoms with van der Waals surface area (Å²) in [5.41, 5.74) is 5.71. The number of nitrogens with two attached hydrogens (primary N) is 1. The van der Waals surface area contributed by atoms with Gasteiger partial charge in [-0.05, 0) is 37.6 Å². The van der Waals surface area contributed by atoms with E-state index in [4.69, 9.17) is 10.5 Å². The molecule has 3 unspecified atom stereocenters. The fourth-order valence-electron chi connectivity index (χ4n) is 2.36. The van der Waals surface area contributed by atoms with Gasteiger partial charge < -0.3 is 10.5 Å². The average molecular weight is 199 g/mol. The van der Waals surface area contributed by atoms with Crippen LogP contribution in [0.4, 0.5) is 0 Å². The van der Waals surface area contributed by atoms with E-state index in [-0.39, 0.29) is 0 Å². The molecule has 1 rings (SSSR count). The van der Waals surface area contributed by atoms with Crippen LogP contribution in [0.15, 0.2) is 0 Å². The Morgan fingerprint density at radius 1 is 1.43 bits per heavy atom. The molecule has 1 fully saturated rings. The van der Waals surface area contributed by atoms with Crippen molar-refractivity contribution in [2.75, 3.05) is 13.2 Å². The topological polar surface area (TPSA) is 35.2 Å². The van der Waals surface area contributed by atoms with Crippen molar-refractivity contribution < 1.29 is 4.74 Å². The molecule has 0 aromatic carbocycles. The van der Waals surface area contributed by atoms with Crippen molar-refractivity contribution in [3.05, 3.63) is 0 Å². The Bertz CT molecular complexity index is 149. The molecule has 1 saturated carbocycles. The van der Waals surface area contributed by atoms with Crippen molar-refractivity contribution >= 4 is 0 Å². The lowest BCUT2D eigenvalue weighted by atomic mass is 10.1. The zero-order chi connectivity index (χ0) is 10.4. The van der Waals surface area contributed by atoms with Crippen molar-refractivity contribution in [1.29, 1.82) is 0 Å². The summed E-state index contributed by atoms with van der Waals surface area (Å²) in [4.78, 5) is 0. The predicted octanol–water partition coefficient (Wildman–Crippen LogP) is 2.57. The molecule has 84 valence electrons. The van der Waals surface area contributed by atoms with Gasteiger partial charge in [-0.3, -0.25) is 0 Å². The van der Waals surface area contributed by atoms with Crippen LogP contribution in [0.25, 0.3) is 0 Å². The van der Waals surface area contributed by atoms with Crippen LogP contribution in [0.1, 0.15) is 46.0 Å². The van der Waals surface area contributed by atoms with Gasteiger partial charge in [0, 0.05) is 6.61 Å². The molecule has 3 atom stereocenters. The van der Waals surface area contributed by atoms with Crippen LogP contribution >= 0.6 is 0 Å². The van der Waals surface area contributed by atoms with Crippen molar-refractivity contribution in [2.45, 2.75) is 52.1 Å². The van der Waals surface area contributed by atoms with Crippen molar-refractivity contribution in [1.82, 2.24) is 0 Å². The van der Waals surface area contributed by atoms with E-state index in [0.717, 1.165) is 13.2 Å². The van der Waals surface area contributed by atoms with Crippen molar-refractivity contribution in [2.24, 2.45) is 17.6 Å². The van der Waals surface area contributed by atoms with Crippen molar-refractivity contribution in [3.8, 4) is 0 Å². The maximum Gasteiger partial charge on any atom is 0.0615 e. The molecule has 1 aliphatic carbocycles. The smallest absolute Gasteiger partial charge is 0.0615 e. The lowest BCUT2D eigenvalue weighted by Crippen LogP contribution is -2.26. The summed E-state index contributed by atoms with van der Waals surface area (Å²) >= 11 is 0. The molecule has 14 heavy (non-hydrogen) atoms. The summed E-state index contributed by atoms with van der Waals surface area (Å²) in [6, 6.07) is 0. The third kappa shape index (κ3) is 3.58. The minimum atomic E-state index is 0.458. The first-order valence-corrected chi connectivity index (χ1v) is 6.09. The van der Waals surface area contributed by atoms with Crippen molar-refractivity contribution in [3.63, 3.8) is 0 Å². The largest absolute Gasteiger partial charge is 0.378 e. The fourth-order valence-corrected chi connectivity index (χ4v) is 2.36. The van der Waals surface area contributed by atoms with E-state index in [1.807, 2.05) is 0 Å². The quantitative estimate of drug-likeness (QED) is 0.713. The molecule has 0 bridgehead atoms. The molecular formula is C12H25NO. The normalized spacial score (nSPS) is 29.4. The summed E-state index contributed by atoms with van der Waals surface area (Å²) in [6.07, 6.45) is 6.79. The van der Waals surface area contributed by atoms with E-state index in [9.17, 15) is 0 Å². The van der Waals surface area contributed by atoms with Gasteiger partial charge >= 0.3 is 0 Å². The third-order valence-electron chi connectivity index (χ3n) is 3.27. The van der Waals surface area contributed by atoms with Crippen LogP contribution in [0.3, 0.4) is 0 Å². The molecule has 0 amide bonds. The van der Waals surface area contributed by atoms with Gasteiger partial charge in [-0.2, -0.15) is 0 Å². The highest BCUT2D eigenvalue weighted by molar-refractivity contribution is 4.78. The van der Waals surface area contributed by atoms with Gasteiger partial charge in [0.1, 0.15) is 0 Å². The predicted molar refractivity (Wildman–Crippen MR) is 60.2 cm³/mol. The highest BCUT2D eigenvalue weighted by Gasteiger charge is 2.26. The molecule has 0 heterocycles. The Morgan fingerprint density at radius 3 is 2.86 bits per heavy atom. The molecule has 0 aromatic rings. The first-order chi connectivity index (χ1) is 6.77. The van der Waals surface area contributed by atoms with E-state index >= 15 is 0 Å². The molecule has 0 saturated heterocycles. The Labute approximate surface area is 88.2 Å². The zero-order valence-corrected chi connectivity index (χ0v) is 9.67. The van der Waals surface area contributed by atoms with Crippen LogP contribution in [0.5, 0.6) is 0 Å². The average Bonchev–Trinajstić information content (AvgIpc) is 2.62. The van der Waals surface area contributed by atoms with Gasteiger partial charge in [0.15, 0.2) is 0 Å².